The minimum atomic E-state index is -1.96. The predicted octanol–water partition coefficient (Wildman–Crippen LogP) is -1.19. The number of aryl methyl sites for hydroxylation is 1. The molecule has 5 rings (SSSR count). The summed E-state index contributed by atoms with van der Waals surface area (Å²) in [5.74, 6) is -0.754. The molecule has 14 heteroatoms. The fourth-order valence-electron chi connectivity index (χ4n) is 4.93. The number of aliphatic hydroxyl groups excluding tert-OH is 5. The molecule has 0 bridgehead atoms. The van der Waals surface area contributed by atoms with E-state index in [-0.39, 0.29) is 38.8 Å². The number of fused-ring (bicyclic) bond motifs is 2. The molecule has 3 aromatic rings. The van der Waals surface area contributed by atoms with E-state index < -0.39 is 79.7 Å². The van der Waals surface area contributed by atoms with Crippen LogP contribution in [0.4, 0.5) is 0 Å². The number of phenols is 1. The first kappa shape index (κ1) is 29.3. The second kappa shape index (κ2) is 10.9. The van der Waals surface area contributed by atoms with Gasteiger partial charge in [0.05, 0.1) is 25.2 Å². The van der Waals surface area contributed by atoms with E-state index in [1.165, 1.54) is 31.2 Å². The molecular weight excluding hydrogens is 548 g/mol. The molecule has 8 atom stereocenters. The van der Waals surface area contributed by atoms with Crippen LogP contribution >= 0.6 is 0 Å². The first-order valence-corrected chi connectivity index (χ1v) is 12.7. The summed E-state index contributed by atoms with van der Waals surface area (Å²) in [6.07, 6.45) is -11.4. The second-order valence-electron chi connectivity index (χ2n) is 10.3. The fraction of sp³-hybridized carbons (Fsp3) is 0.481. The maximum absolute atomic E-state index is 12.7. The van der Waals surface area contributed by atoms with Gasteiger partial charge in [0.15, 0.2) is 17.5 Å². The maximum Gasteiger partial charge on any atom is 0.229 e. The van der Waals surface area contributed by atoms with Crippen LogP contribution in [0.2, 0.25) is 0 Å². The number of benzene rings is 2. The highest BCUT2D eigenvalue weighted by atomic mass is 16.7. The van der Waals surface area contributed by atoms with Crippen LogP contribution in [0.25, 0.3) is 21.7 Å². The number of Topliss-reactive ketones (excluding diaryl/α,β-unsaturated/α-hetero) is 1. The molecule has 0 aliphatic carbocycles. The summed E-state index contributed by atoms with van der Waals surface area (Å²) < 4.78 is 27.7. The number of aromatic hydroxyl groups is 1. The van der Waals surface area contributed by atoms with E-state index in [1.54, 1.807) is 6.92 Å². The lowest BCUT2D eigenvalue weighted by atomic mass is 9.98. The average Bonchev–Trinajstić information content (AvgIpc) is 3.21. The molecule has 14 nitrogen and oxygen atoms in total. The summed E-state index contributed by atoms with van der Waals surface area (Å²) in [7, 11) is 0. The Labute approximate surface area is 231 Å². The van der Waals surface area contributed by atoms with Crippen molar-refractivity contribution in [3.8, 4) is 11.5 Å². The molecule has 0 unspecified atom stereocenters. The zero-order valence-electron chi connectivity index (χ0n) is 22.0. The van der Waals surface area contributed by atoms with Crippen molar-refractivity contribution in [3.05, 3.63) is 45.8 Å². The van der Waals surface area contributed by atoms with Crippen molar-refractivity contribution in [2.75, 3.05) is 19.8 Å². The van der Waals surface area contributed by atoms with Gasteiger partial charge in [-0.2, -0.15) is 0 Å². The largest absolute Gasteiger partial charge is 0.506 e. The number of hydrogen-bond acceptors (Lipinski definition) is 14. The molecule has 0 spiro atoms. The van der Waals surface area contributed by atoms with Crippen molar-refractivity contribution >= 4 is 27.5 Å². The molecule has 7 N–H and O–H groups in total. The highest BCUT2D eigenvalue weighted by Gasteiger charge is 2.50. The molecule has 0 saturated carbocycles. The average molecular weight is 579 g/mol. The first-order valence-electron chi connectivity index (χ1n) is 12.7. The molecule has 41 heavy (non-hydrogen) atoms. The van der Waals surface area contributed by atoms with Crippen LogP contribution in [0.1, 0.15) is 23.0 Å². The third-order valence-electron chi connectivity index (χ3n) is 7.31. The Morgan fingerprint density at radius 2 is 1.78 bits per heavy atom. The van der Waals surface area contributed by atoms with Crippen LogP contribution < -0.4 is 10.2 Å². The van der Waals surface area contributed by atoms with Crippen molar-refractivity contribution < 1.29 is 63.9 Å². The Kier molecular flexibility index (Phi) is 7.80. The normalized spacial score (nSPS) is 32.0. The first-order chi connectivity index (χ1) is 19.3. The number of ether oxygens (including phenoxy) is 4. The van der Waals surface area contributed by atoms with Crippen LogP contribution in [-0.2, 0) is 14.2 Å². The van der Waals surface area contributed by atoms with Gasteiger partial charge in [0, 0.05) is 11.6 Å². The van der Waals surface area contributed by atoms with Gasteiger partial charge in [-0.05, 0) is 37.4 Å². The molecule has 2 aromatic carbocycles. The van der Waals surface area contributed by atoms with Gasteiger partial charge in [0.25, 0.3) is 0 Å². The number of rotatable bonds is 7. The number of ketones is 1. The summed E-state index contributed by atoms with van der Waals surface area (Å²) in [6, 6.07) is 5.37. The van der Waals surface area contributed by atoms with Gasteiger partial charge < -0.3 is 59.1 Å². The number of hydrogen-bond donors (Lipinski definition) is 7. The zero-order valence-corrected chi connectivity index (χ0v) is 22.0. The second-order valence-corrected chi connectivity index (χ2v) is 10.3. The number of carbonyl (C=O) groups is 1. The number of carbonyl (C=O) groups excluding carboxylic acids is 1. The number of phenolic OH excluding ortho intramolecular Hbond substituents is 1. The van der Waals surface area contributed by atoms with E-state index in [4.69, 9.17) is 23.4 Å². The standard InChI is InChI=1S/C27H30O14/c1-10-3-14(30)19-16(39-10)6-13-4-12(11(2)29)5-15(18(13)21(19)32)40-25-23(34)22(33)20(31)17(41-25)7-37-26-24(35)27(36,8-28)9-38-26/h3-6,17,20,22-26,28,31-36H,7-9H2,1-2H3/t17-,20-,22+,23-,24+,25+,26-,27-/m1/s1. The summed E-state index contributed by atoms with van der Waals surface area (Å²) in [5, 5.41) is 72.5. The topological polar surface area (TPSA) is 226 Å². The van der Waals surface area contributed by atoms with E-state index in [0.29, 0.717) is 5.76 Å². The Morgan fingerprint density at radius 3 is 2.44 bits per heavy atom. The molecule has 0 radical (unpaired) electrons. The Morgan fingerprint density at radius 1 is 1.05 bits per heavy atom. The van der Waals surface area contributed by atoms with Crippen LogP contribution in [0, 0.1) is 6.92 Å². The predicted molar refractivity (Wildman–Crippen MR) is 137 cm³/mol. The summed E-state index contributed by atoms with van der Waals surface area (Å²) in [5.41, 5.74) is -2.27. The molecule has 3 heterocycles. The molecule has 222 valence electrons. The lowest BCUT2D eigenvalue weighted by molar-refractivity contribution is -0.289. The molecule has 0 amide bonds. The Hall–Kier alpha value is -3.18. The van der Waals surface area contributed by atoms with Gasteiger partial charge >= 0.3 is 0 Å². The van der Waals surface area contributed by atoms with E-state index in [1.807, 2.05) is 0 Å². The van der Waals surface area contributed by atoms with E-state index in [9.17, 15) is 45.3 Å². The lowest BCUT2D eigenvalue weighted by Crippen LogP contribution is -2.60. The summed E-state index contributed by atoms with van der Waals surface area (Å²) >= 11 is 0. The summed E-state index contributed by atoms with van der Waals surface area (Å²) in [4.78, 5) is 24.9. The highest BCUT2D eigenvalue weighted by Crippen LogP contribution is 2.41. The minimum absolute atomic E-state index is 0.00590. The molecule has 2 saturated heterocycles. The fourth-order valence-corrected chi connectivity index (χ4v) is 4.93. The van der Waals surface area contributed by atoms with Crippen LogP contribution in [0.5, 0.6) is 11.5 Å². The van der Waals surface area contributed by atoms with E-state index in [0.717, 1.165) is 0 Å². The third-order valence-corrected chi connectivity index (χ3v) is 7.31. The quantitative estimate of drug-likeness (QED) is 0.129. The van der Waals surface area contributed by atoms with Crippen molar-refractivity contribution in [3.63, 3.8) is 0 Å². The van der Waals surface area contributed by atoms with Crippen molar-refractivity contribution in [2.45, 2.75) is 62.5 Å². The van der Waals surface area contributed by atoms with Crippen LogP contribution in [0.15, 0.2) is 33.5 Å². The smallest absolute Gasteiger partial charge is 0.229 e. The Balaban J connectivity index is 1.48. The van der Waals surface area contributed by atoms with E-state index in [2.05, 4.69) is 0 Å². The van der Waals surface area contributed by atoms with Crippen LogP contribution in [0.3, 0.4) is 0 Å². The van der Waals surface area contributed by atoms with Gasteiger partial charge in [0.2, 0.25) is 6.29 Å². The molecule has 2 aliphatic rings. The van der Waals surface area contributed by atoms with Crippen LogP contribution in [-0.4, -0.2) is 110 Å². The number of aliphatic hydroxyl groups is 6. The molecular formula is C27H30O14. The molecule has 2 fully saturated rings. The van der Waals surface area contributed by atoms with Gasteiger partial charge in [-0.1, -0.05) is 0 Å². The Bertz CT molecular complexity index is 1530. The van der Waals surface area contributed by atoms with Crippen molar-refractivity contribution in [1.82, 2.24) is 0 Å². The maximum atomic E-state index is 12.7. The monoisotopic (exact) mass is 578 g/mol. The molecule has 2 aliphatic heterocycles. The van der Waals surface area contributed by atoms with Gasteiger partial charge in [0.1, 0.15) is 64.3 Å². The third kappa shape index (κ3) is 5.18. The van der Waals surface area contributed by atoms with E-state index >= 15 is 0 Å². The minimum Gasteiger partial charge on any atom is -0.506 e. The SMILES string of the molecule is CC(=O)c1cc(O[C@H]2O[C@H](CO[C@@H]3OC[C@](O)(CO)[C@H]3O)[C@@H](O)[C@H](O)[C@H]2O)c2c(O)c3c(=O)cc(C)oc3cc2c1. The van der Waals surface area contributed by atoms with Crippen molar-refractivity contribution in [2.24, 2.45) is 0 Å². The van der Waals surface area contributed by atoms with Gasteiger partial charge in [-0.3, -0.25) is 9.59 Å². The summed E-state index contributed by atoms with van der Waals surface area (Å²) in [6.45, 7) is 1.13. The van der Waals surface area contributed by atoms with Gasteiger partial charge in [-0.25, -0.2) is 0 Å². The highest BCUT2D eigenvalue weighted by molar-refractivity contribution is 6.09. The lowest BCUT2D eigenvalue weighted by Gasteiger charge is -2.40. The van der Waals surface area contributed by atoms with Gasteiger partial charge in [-0.15, -0.1) is 0 Å². The molecule has 1 aromatic heterocycles. The van der Waals surface area contributed by atoms with Crippen molar-refractivity contribution in [1.29, 1.82) is 0 Å². The zero-order chi connectivity index (χ0) is 29.8.